The van der Waals surface area contributed by atoms with Gasteiger partial charge >= 0.3 is 0 Å². The number of carbonyl (C=O) groups is 3. The molecule has 156 valence electrons. The molecule has 0 aromatic carbocycles. The molecule has 0 atom stereocenters. The average Bonchev–Trinajstić information content (AvgIpc) is 2.43. The van der Waals surface area contributed by atoms with Gasteiger partial charge in [0.2, 0.25) is 0 Å². The minimum atomic E-state index is -0.586. The minimum Gasteiger partial charge on any atom is -0.298 e. The van der Waals surface area contributed by atoms with Gasteiger partial charge in [-0.2, -0.15) is 0 Å². The van der Waals surface area contributed by atoms with E-state index in [-0.39, 0.29) is 33.6 Å². The maximum Gasteiger partial charge on any atom is 0.153 e. The van der Waals surface area contributed by atoms with Crippen LogP contribution in [0, 0.1) is 34.0 Å². The Morgan fingerprint density at radius 1 is 0.481 bits per heavy atom. The molecule has 0 radical (unpaired) electrons. The van der Waals surface area contributed by atoms with Crippen LogP contribution in [0.5, 0.6) is 0 Å². The van der Waals surface area contributed by atoms with E-state index in [4.69, 9.17) is 0 Å². The third-order valence-corrected chi connectivity index (χ3v) is 5.61. The first-order chi connectivity index (χ1) is 12.0. The van der Waals surface area contributed by atoms with Crippen molar-refractivity contribution in [3.63, 3.8) is 0 Å². The van der Waals surface area contributed by atoms with Crippen molar-refractivity contribution >= 4 is 17.3 Å². The second kappa shape index (κ2) is 8.57. The molecule has 0 bridgehead atoms. The number of hydrogen-bond donors (Lipinski definition) is 0. The third kappa shape index (κ3) is 7.87. The summed E-state index contributed by atoms with van der Waals surface area (Å²) < 4.78 is 0. The van der Waals surface area contributed by atoms with Crippen molar-refractivity contribution in [2.45, 2.75) is 101 Å². The summed E-state index contributed by atoms with van der Waals surface area (Å²) in [7, 11) is 0. The zero-order valence-electron chi connectivity index (χ0n) is 19.2. The normalized spacial score (nSPS) is 25.2. The molecule has 0 heterocycles. The molecule has 1 saturated carbocycles. The fourth-order valence-corrected chi connectivity index (χ4v) is 3.73. The van der Waals surface area contributed by atoms with Gasteiger partial charge in [-0.05, 0) is 54.8 Å². The number of hydrogen-bond acceptors (Lipinski definition) is 3. The van der Waals surface area contributed by atoms with Crippen LogP contribution < -0.4 is 0 Å². The van der Waals surface area contributed by atoms with Gasteiger partial charge in [-0.3, -0.25) is 14.4 Å². The van der Waals surface area contributed by atoms with Crippen LogP contribution in [0.2, 0.25) is 0 Å². The van der Waals surface area contributed by atoms with Crippen LogP contribution in [0.1, 0.15) is 101 Å². The Hall–Kier alpha value is -0.990. The molecular formula is C24H42O3. The summed E-state index contributed by atoms with van der Waals surface area (Å²) >= 11 is 0. The molecule has 0 unspecified atom stereocenters. The number of carbonyl (C=O) groups excluding carboxylic acids is 3. The zero-order valence-corrected chi connectivity index (χ0v) is 19.2. The third-order valence-electron chi connectivity index (χ3n) is 5.61. The molecular weight excluding hydrogens is 336 g/mol. The highest BCUT2D eigenvalue weighted by atomic mass is 16.2. The predicted molar refractivity (Wildman–Crippen MR) is 112 cm³/mol. The van der Waals surface area contributed by atoms with E-state index in [9.17, 15) is 14.4 Å². The van der Waals surface area contributed by atoms with E-state index in [1.54, 1.807) is 0 Å². The summed E-state index contributed by atoms with van der Waals surface area (Å²) in [4.78, 5) is 39.3. The molecule has 1 rings (SSSR count). The highest BCUT2D eigenvalue weighted by Gasteiger charge is 2.48. The molecule has 0 aliphatic heterocycles. The van der Waals surface area contributed by atoms with Gasteiger partial charge in [0.25, 0.3) is 0 Å². The van der Waals surface area contributed by atoms with Crippen molar-refractivity contribution in [3.05, 3.63) is 0 Å². The van der Waals surface area contributed by atoms with Crippen LogP contribution in [0.25, 0.3) is 0 Å². The quantitative estimate of drug-likeness (QED) is 0.530. The molecule has 0 spiro atoms. The zero-order chi connectivity index (χ0) is 21.2. The van der Waals surface area contributed by atoms with Crippen molar-refractivity contribution in [1.29, 1.82) is 0 Å². The van der Waals surface area contributed by atoms with Gasteiger partial charge in [0.15, 0.2) is 17.3 Å². The molecule has 0 N–H and O–H groups in total. The molecule has 1 aliphatic rings. The van der Waals surface area contributed by atoms with Gasteiger partial charge in [-0.15, -0.1) is 0 Å². The summed E-state index contributed by atoms with van der Waals surface area (Å²) in [5.74, 6) is -2.08. The Bertz CT molecular complexity index is 453. The second-order valence-corrected chi connectivity index (χ2v) is 12.2. The second-order valence-electron chi connectivity index (χ2n) is 12.2. The van der Waals surface area contributed by atoms with Crippen molar-refractivity contribution < 1.29 is 14.4 Å². The molecule has 0 aromatic heterocycles. The Kier molecular flexibility index (Phi) is 7.64. The topological polar surface area (TPSA) is 51.2 Å². The van der Waals surface area contributed by atoms with Gasteiger partial charge in [0, 0.05) is 0 Å². The Balaban J connectivity index is 3.06. The molecule has 0 saturated heterocycles. The summed E-state index contributed by atoms with van der Waals surface area (Å²) in [6, 6.07) is 0. The van der Waals surface area contributed by atoms with Crippen molar-refractivity contribution in [2.75, 3.05) is 0 Å². The molecule has 0 aromatic rings. The maximum atomic E-state index is 13.1. The first kappa shape index (κ1) is 24.0. The lowest BCUT2D eigenvalue weighted by Crippen LogP contribution is -2.48. The van der Waals surface area contributed by atoms with E-state index in [1.165, 1.54) is 0 Å². The first-order valence-electron chi connectivity index (χ1n) is 10.6. The van der Waals surface area contributed by atoms with Gasteiger partial charge in [0.1, 0.15) is 0 Å². The summed E-state index contributed by atoms with van der Waals surface area (Å²) in [6.07, 6.45) is 4.19. The monoisotopic (exact) mass is 378 g/mol. The fraction of sp³-hybridized carbons (Fsp3) is 0.875. The lowest BCUT2D eigenvalue weighted by molar-refractivity contribution is -0.151. The summed E-state index contributed by atoms with van der Waals surface area (Å²) in [5, 5.41) is 0. The van der Waals surface area contributed by atoms with Crippen molar-refractivity contribution in [3.8, 4) is 0 Å². The van der Waals surface area contributed by atoms with Crippen LogP contribution >= 0.6 is 0 Å². The van der Waals surface area contributed by atoms with Crippen molar-refractivity contribution in [1.82, 2.24) is 0 Å². The van der Waals surface area contributed by atoms with Gasteiger partial charge in [-0.25, -0.2) is 0 Å². The van der Waals surface area contributed by atoms with Gasteiger partial charge in [0.05, 0.1) is 17.8 Å². The highest BCUT2D eigenvalue weighted by molar-refractivity contribution is 6.23. The van der Waals surface area contributed by atoms with Crippen LogP contribution in [0.15, 0.2) is 0 Å². The maximum absolute atomic E-state index is 13.1. The Morgan fingerprint density at radius 3 is 0.815 bits per heavy atom. The lowest BCUT2D eigenvalue weighted by Gasteiger charge is -2.34. The van der Waals surface area contributed by atoms with Crippen LogP contribution in [0.3, 0.4) is 0 Å². The van der Waals surface area contributed by atoms with E-state index < -0.39 is 17.8 Å². The SMILES string of the molecule is CC(C)(C)CCC1C(=O)C(CCC(C)(C)C)C(=O)C(CCC(C)(C)C)C1=O. The Labute approximate surface area is 167 Å². The summed E-state index contributed by atoms with van der Waals surface area (Å²) in [6.45, 7) is 19.2. The van der Waals surface area contributed by atoms with Gasteiger partial charge < -0.3 is 0 Å². The molecule has 3 nitrogen and oxygen atoms in total. The largest absolute Gasteiger partial charge is 0.298 e. The minimum absolute atomic E-state index is 0.0732. The highest BCUT2D eigenvalue weighted by Crippen LogP contribution is 2.38. The molecule has 27 heavy (non-hydrogen) atoms. The number of Topliss-reactive ketones (excluding diaryl/α,β-unsaturated/α-hetero) is 3. The van der Waals surface area contributed by atoms with Gasteiger partial charge in [-0.1, -0.05) is 62.3 Å². The average molecular weight is 379 g/mol. The molecule has 0 amide bonds. The molecule has 1 aliphatic carbocycles. The number of ketones is 3. The Morgan fingerprint density at radius 2 is 0.667 bits per heavy atom. The van der Waals surface area contributed by atoms with E-state index in [1.807, 2.05) is 0 Å². The van der Waals surface area contributed by atoms with E-state index in [0.717, 1.165) is 19.3 Å². The fourth-order valence-electron chi connectivity index (χ4n) is 3.73. The van der Waals surface area contributed by atoms with Crippen LogP contribution in [-0.2, 0) is 14.4 Å². The number of rotatable bonds is 6. The lowest BCUT2D eigenvalue weighted by atomic mass is 9.65. The molecule has 1 fully saturated rings. The van der Waals surface area contributed by atoms with E-state index >= 15 is 0 Å². The van der Waals surface area contributed by atoms with Crippen LogP contribution in [0.4, 0.5) is 0 Å². The molecule has 3 heteroatoms. The predicted octanol–water partition coefficient (Wildman–Crippen LogP) is 6.03. The first-order valence-corrected chi connectivity index (χ1v) is 10.6. The van der Waals surface area contributed by atoms with E-state index in [2.05, 4.69) is 62.3 Å². The van der Waals surface area contributed by atoms with Crippen LogP contribution in [-0.4, -0.2) is 17.3 Å². The standard InChI is InChI=1S/C24H42O3/c1-22(2,3)13-10-16-19(25)17(11-14-23(4,5)6)21(27)18(20(16)26)12-15-24(7,8)9/h16-18H,10-15H2,1-9H3. The van der Waals surface area contributed by atoms with Crippen molar-refractivity contribution in [2.24, 2.45) is 34.0 Å². The van der Waals surface area contributed by atoms with E-state index in [0.29, 0.717) is 19.3 Å². The smallest absolute Gasteiger partial charge is 0.153 e. The summed E-state index contributed by atoms with van der Waals surface area (Å²) in [5.41, 5.74) is 0.220.